The predicted molar refractivity (Wildman–Crippen MR) is 93.5 cm³/mol. The second-order valence-corrected chi connectivity index (χ2v) is 5.80. The van der Waals surface area contributed by atoms with Gasteiger partial charge in [-0.15, -0.1) is 0 Å². The summed E-state index contributed by atoms with van der Waals surface area (Å²) in [6.07, 6.45) is 6.19. The van der Waals surface area contributed by atoms with E-state index in [9.17, 15) is 4.79 Å². The fourth-order valence-electron chi connectivity index (χ4n) is 2.88. The minimum absolute atomic E-state index is 0.279. The molecular formula is C18H22N4O2. The molecule has 1 aromatic carbocycles. The lowest BCUT2D eigenvalue weighted by molar-refractivity contribution is 0.102. The van der Waals surface area contributed by atoms with Crippen LogP contribution in [0.4, 0.5) is 11.5 Å². The molecule has 1 aliphatic carbocycles. The standard InChI is InChI=1S/C18H22N4O2/c1-2-24-16-10-6-5-9-14(16)22-18(23)15-11-17(20-12-19-15)21-13-7-3-4-8-13/h5-6,9-13H,2-4,7-8H2,1H3,(H,22,23)(H,19,20,21). The maximum Gasteiger partial charge on any atom is 0.274 e. The Balaban J connectivity index is 1.71. The molecule has 6 heteroatoms. The van der Waals surface area contributed by atoms with Crippen molar-refractivity contribution < 1.29 is 9.53 Å². The van der Waals surface area contributed by atoms with Gasteiger partial charge in [0.1, 0.15) is 23.6 Å². The van der Waals surface area contributed by atoms with Crippen molar-refractivity contribution in [2.75, 3.05) is 17.2 Å². The Morgan fingerprint density at radius 3 is 2.83 bits per heavy atom. The molecular weight excluding hydrogens is 304 g/mol. The van der Waals surface area contributed by atoms with Crippen LogP contribution in [-0.2, 0) is 0 Å². The Morgan fingerprint density at radius 2 is 2.04 bits per heavy atom. The SMILES string of the molecule is CCOc1ccccc1NC(=O)c1cc(NC2CCCC2)ncn1. The Morgan fingerprint density at radius 1 is 1.25 bits per heavy atom. The summed E-state index contributed by atoms with van der Waals surface area (Å²) in [4.78, 5) is 20.8. The smallest absolute Gasteiger partial charge is 0.274 e. The maximum absolute atomic E-state index is 12.5. The summed E-state index contributed by atoms with van der Waals surface area (Å²) >= 11 is 0. The van der Waals surface area contributed by atoms with Gasteiger partial charge in [0.25, 0.3) is 5.91 Å². The number of carbonyl (C=O) groups is 1. The lowest BCUT2D eigenvalue weighted by Crippen LogP contribution is -2.18. The van der Waals surface area contributed by atoms with E-state index in [0.717, 1.165) is 12.8 Å². The molecule has 0 radical (unpaired) electrons. The zero-order valence-corrected chi connectivity index (χ0v) is 13.8. The van der Waals surface area contributed by atoms with Gasteiger partial charge in [-0.3, -0.25) is 4.79 Å². The summed E-state index contributed by atoms with van der Waals surface area (Å²) in [5, 5.41) is 6.23. The first-order valence-corrected chi connectivity index (χ1v) is 8.38. The molecule has 2 aromatic rings. The number of benzene rings is 1. The van der Waals surface area contributed by atoms with Crippen molar-refractivity contribution in [1.29, 1.82) is 0 Å². The van der Waals surface area contributed by atoms with Gasteiger partial charge >= 0.3 is 0 Å². The fraction of sp³-hybridized carbons (Fsp3) is 0.389. The summed E-state index contributed by atoms with van der Waals surface area (Å²) in [6.45, 7) is 2.44. The molecule has 1 saturated carbocycles. The first kappa shape index (κ1) is 16.2. The number of aromatic nitrogens is 2. The molecule has 0 bridgehead atoms. The summed E-state index contributed by atoms with van der Waals surface area (Å²) in [7, 11) is 0. The number of hydrogen-bond acceptors (Lipinski definition) is 5. The van der Waals surface area contributed by atoms with E-state index < -0.39 is 0 Å². The van der Waals surface area contributed by atoms with Crippen LogP contribution < -0.4 is 15.4 Å². The Hall–Kier alpha value is -2.63. The number of carbonyl (C=O) groups excluding carboxylic acids is 1. The molecule has 0 atom stereocenters. The van der Waals surface area contributed by atoms with Crippen molar-refractivity contribution >= 4 is 17.4 Å². The van der Waals surface area contributed by atoms with E-state index in [0.29, 0.717) is 35.6 Å². The van der Waals surface area contributed by atoms with Gasteiger partial charge < -0.3 is 15.4 Å². The minimum atomic E-state index is -0.279. The zero-order valence-electron chi connectivity index (χ0n) is 13.8. The van der Waals surface area contributed by atoms with E-state index in [-0.39, 0.29) is 5.91 Å². The maximum atomic E-state index is 12.5. The van der Waals surface area contributed by atoms with Crippen LogP contribution >= 0.6 is 0 Å². The van der Waals surface area contributed by atoms with E-state index in [4.69, 9.17) is 4.74 Å². The van der Waals surface area contributed by atoms with Crippen LogP contribution in [0.2, 0.25) is 0 Å². The second kappa shape index (κ2) is 7.77. The topological polar surface area (TPSA) is 76.1 Å². The minimum Gasteiger partial charge on any atom is -0.492 e. The molecule has 1 aromatic heterocycles. The van der Waals surface area contributed by atoms with Crippen LogP contribution in [0.3, 0.4) is 0 Å². The molecule has 1 heterocycles. The lowest BCUT2D eigenvalue weighted by atomic mass is 10.2. The Labute approximate surface area is 141 Å². The van der Waals surface area contributed by atoms with E-state index in [1.54, 1.807) is 6.07 Å². The molecule has 0 saturated heterocycles. The molecule has 6 nitrogen and oxygen atoms in total. The van der Waals surface area contributed by atoms with E-state index in [1.807, 2.05) is 31.2 Å². The van der Waals surface area contributed by atoms with Crippen molar-refractivity contribution in [3.63, 3.8) is 0 Å². The highest BCUT2D eigenvalue weighted by molar-refractivity contribution is 6.04. The van der Waals surface area contributed by atoms with Crippen LogP contribution in [0.15, 0.2) is 36.7 Å². The zero-order chi connectivity index (χ0) is 16.8. The average molecular weight is 326 g/mol. The van der Waals surface area contributed by atoms with Gasteiger partial charge in [-0.1, -0.05) is 25.0 Å². The number of nitrogens with one attached hydrogen (secondary N) is 2. The predicted octanol–water partition coefficient (Wildman–Crippen LogP) is 3.48. The molecule has 0 unspecified atom stereocenters. The van der Waals surface area contributed by atoms with E-state index in [2.05, 4.69) is 20.6 Å². The highest BCUT2D eigenvalue weighted by atomic mass is 16.5. The summed E-state index contributed by atoms with van der Waals surface area (Å²) in [6, 6.07) is 9.49. The number of ether oxygens (including phenoxy) is 1. The molecule has 1 amide bonds. The van der Waals surface area contributed by atoms with Crippen LogP contribution in [0.1, 0.15) is 43.1 Å². The molecule has 1 fully saturated rings. The monoisotopic (exact) mass is 326 g/mol. The quantitative estimate of drug-likeness (QED) is 0.850. The number of nitrogens with zero attached hydrogens (tertiary/aromatic N) is 2. The van der Waals surface area contributed by atoms with Gasteiger partial charge in [0.05, 0.1) is 12.3 Å². The van der Waals surface area contributed by atoms with Gasteiger partial charge in [-0.25, -0.2) is 9.97 Å². The van der Waals surface area contributed by atoms with Crippen LogP contribution in [0.5, 0.6) is 5.75 Å². The highest BCUT2D eigenvalue weighted by Gasteiger charge is 2.16. The third kappa shape index (κ3) is 4.01. The molecule has 0 aliphatic heterocycles. The third-order valence-corrected chi connectivity index (χ3v) is 4.04. The summed E-state index contributed by atoms with van der Waals surface area (Å²) in [5.74, 6) is 1.06. The molecule has 126 valence electrons. The van der Waals surface area contributed by atoms with Crippen molar-refractivity contribution in [2.24, 2.45) is 0 Å². The second-order valence-electron chi connectivity index (χ2n) is 5.80. The van der Waals surface area contributed by atoms with Crippen LogP contribution in [0.25, 0.3) is 0 Å². The highest BCUT2D eigenvalue weighted by Crippen LogP contribution is 2.25. The molecule has 2 N–H and O–H groups in total. The Kier molecular flexibility index (Phi) is 5.25. The van der Waals surface area contributed by atoms with Crippen molar-refractivity contribution in [3.05, 3.63) is 42.4 Å². The third-order valence-electron chi connectivity index (χ3n) is 4.04. The largest absolute Gasteiger partial charge is 0.492 e. The van der Waals surface area contributed by atoms with Crippen molar-refractivity contribution in [2.45, 2.75) is 38.6 Å². The number of amides is 1. The first-order chi connectivity index (χ1) is 11.8. The van der Waals surface area contributed by atoms with Crippen molar-refractivity contribution in [1.82, 2.24) is 9.97 Å². The molecule has 0 spiro atoms. The van der Waals surface area contributed by atoms with Gasteiger partial charge in [-0.05, 0) is 31.9 Å². The van der Waals surface area contributed by atoms with Crippen LogP contribution in [0, 0.1) is 0 Å². The number of rotatable bonds is 6. The normalized spacial score (nSPS) is 14.4. The van der Waals surface area contributed by atoms with Gasteiger partial charge in [0.15, 0.2) is 0 Å². The van der Waals surface area contributed by atoms with Gasteiger partial charge in [-0.2, -0.15) is 0 Å². The van der Waals surface area contributed by atoms with Crippen LogP contribution in [-0.4, -0.2) is 28.5 Å². The van der Waals surface area contributed by atoms with Gasteiger partial charge in [0, 0.05) is 12.1 Å². The average Bonchev–Trinajstić information content (AvgIpc) is 3.10. The Bertz CT molecular complexity index is 699. The number of anilines is 2. The molecule has 3 rings (SSSR count). The first-order valence-electron chi connectivity index (χ1n) is 8.38. The van der Waals surface area contributed by atoms with E-state index in [1.165, 1.54) is 19.2 Å². The number of hydrogen-bond donors (Lipinski definition) is 2. The lowest BCUT2D eigenvalue weighted by Gasteiger charge is -2.13. The van der Waals surface area contributed by atoms with Crippen molar-refractivity contribution in [3.8, 4) is 5.75 Å². The van der Waals surface area contributed by atoms with E-state index >= 15 is 0 Å². The van der Waals surface area contributed by atoms with Gasteiger partial charge in [0.2, 0.25) is 0 Å². The molecule has 1 aliphatic rings. The fourth-order valence-corrected chi connectivity index (χ4v) is 2.88. The summed E-state index contributed by atoms with van der Waals surface area (Å²) in [5.41, 5.74) is 0.963. The summed E-state index contributed by atoms with van der Waals surface area (Å²) < 4.78 is 5.53. The molecule has 24 heavy (non-hydrogen) atoms. The number of para-hydroxylation sites is 2.